The van der Waals surface area contributed by atoms with Crippen LogP contribution in [0.3, 0.4) is 0 Å². The summed E-state index contributed by atoms with van der Waals surface area (Å²) in [4.78, 5) is 22.4. The lowest BCUT2D eigenvalue weighted by molar-refractivity contribution is 0.0827. The first kappa shape index (κ1) is 21.6. The summed E-state index contributed by atoms with van der Waals surface area (Å²) in [6.07, 6.45) is 1.59. The zero-order chi connectivity index (χ0) is 22.4. The van der Waals surface area contributed by atoms with Gasteiger partial charge in [0.05, 0.1) is 11.9 Å². The fraction of sp³-hybridized carbons (Fsp3) is 0.174. The lowest BCUT2D eigenvalue weighted by atomic mass is 10.1. The van der Waals surface area contributed by atoms with Gasteiger partial charge in [0.15, 0.2) is 0 Å². The summed E-state index contributed by atoms with van der Waals surface area (Å²) in [5.41, 5.74) is 10.3. The summed E-state index contributed by atoms with van der Waals surface area (Å²) in [6, 6.07) is 14.8. The molecule has 0 fully saturated rings. The first-order valence-corrected chi connectivity index (χ1v) is 9.56. The number of amides is 1. The van der Waals surface area contributed by atoms with Crippen LogP contribution < -0.4 is 5.73 Å². The molecular formula is C23H24N6O2. The molecule has 0 atom stereocenters. The Labute approximate surface area is 181 Å². The van der Waals surface area contributed by atoms with Gasteiger partial charge in [0, 0.05) is 37.5 Å². The summed E-state index contributed by atoms with van der Waals surface area (Å²) >= 11 is 0. The lowest BCUT2D eigenvalue weighted by Gasteiger charge is -2.12. The largest absolute Gasteiger partial charge is 0.470 e. The number of aryl methyl sites for hydroxylation is 1. The lowest BCUT2D eigenvalue weighted by Crippen LogP contribution is -2.21. The Morgan fingerprint density at radius 1 is 1.16 bits per heavy atom. The van der Waals surface area contributed by atoms with Crippen molar-refractivity contribution in [2.24, 2.45) is 10.2 Å². The van der Waals surface area contributed by atoms with E-state index in [0.717, 1.165) is 16.7 Å². The summed E-state index contributed by atoms with van der Waals surface area (Å²) in [5.74, 6) is 0.521. The van der Waals surface area contributed by atoms with E-state index in [0.29, 0.717) is 22.8 Å². The van der Waals surface area contributed by atoms with Gasteiger partial charge < -0.3 is 15.4 Å². The van der Waals surface area contributed by atoms with Gasteiger partial charge in [0.1, 0.15) is 18.1 Å². The molecule has 3 rings (SSSR count). The molecule has 31 heavy (non-hydrogen) atoms. The van der Waals surface area contributed by atoms with Gasteiger partial charge in [0.2, 0.25) is 5.90 Å². The Hall–Kier alpha value is -4.07. The van der Waals surface area contributed by atoms with E-state index in [4.69, 9.17) is 10.5 Å². The number of nitrogens with two attached hydrogens (primary N) is 1. The number of hydrogen-bond donors (Lipinski definition) is 1. The molecule has 0 saturated carbocycles. The maximum atomic E-state index is 12.1. The highest BCUT2D eigenvalue weighted by Crippen LogP contribution is 2.21. The number of hydrogen-bond acceptors (Lipinski definition) is 7. The molecule has 2 aromatic carbocycles. The number of carbonyl (C=O) groups is 1. The van der Waals surface area contributed by atoms with Gasteiger partial charge in [-0.05, 0) is 30.7 Å². The van der Waals surface area contributed by atoms with E-state index < -0.39 is 0 Å². The van der Waals surface area contributed by atoms with Crippen LogP contribution in [-0.2, 0) is 11.3 Å². The minimum atomic E-state index is -0.0668. The number of nitrogens with zero attached hydrogens (tertiary/aromatic N) is 5. The normalized spacial score (nSPS) is 11.1. The second kappa shape index (κ2) is 9.62. The van der Waals surface area contributed by atoms with E-state index >= 15 is 0 Å². The predicted octanol–water partition coefficient (Wildman–Crippen LogP) is 3.32. The van der Waals surface area contributed by atoms with Gasteiger partial charge in [-0.1, -0.05) is 30.3 Å². The number of nitrogen functional groups attached to an aromatic ring is 1. The monoisotopic (exact) mass is 416 g/mol. The van der Waals surface area contributed by atoms with Crippen molar-refractivity contribution in [3.8, 4) is 11.3 Å². The van der Waals surface area contributed by atoms with Crippen LogP contribution in [0.4, 0.5) is 5.82 Å². The van der Waals surface area contributed by atoms with Gasteiger partial charge in [0.25, 0.3) is 5.91 Å². The fourth-order valence-corrected chi connectivity index (χ4v) is 2.90. The van der Waals surface area contributed by atoms with Crippen LogP contribution in [0.25, 0.3) is 11.3 Å². The van der Waals surface area contributed by atoms with E-state index in [1.165, 1.54) is 4.90 Å². The fourth-order valence-electron chi connectivity index (χ4n) is 2.90. The molecule has 0 aliphatic heterocycles. The molecule has 8 heteroatoms. The molecule has 3 aromatic rings. The van der Waals surface area contributed by atoms with Crippen LogP contribution in [0.5, 0.6) is 0 Å². The van der Waals surface area contributed by atoms with Crippen molar-refractivity contribution in [3.63, 3.8) is 0 Å². The third-order valence-corrected chi connectivity index (χ3v) is 4.59. The summed E-state index contributed by atoms with van der Waals surface area (Å²) < 4.78 is 5.87. The second-order valence-electron chi connectivity index (χ2n) is 7.01. The Balaban J connectivity index is 1.83. The van der Waals surface area contributed by atoms with Crippen LogP contribution in [0.1, 0.15) is 27.2 Å². The van der Waals surface area contributed by atoms with Crippen molar-refractivity contribution in [1.82, 2.24) is 14.9 Å². The highest BCUT2D eigenvalue weighted by atomic mass is 16.5. The topological polar surface area (TPSA) is 106 Å². The van der Waals surface area contributed by atoms with Crippen LogP contribution in [-0.4, -0.2) is 47.5 Å². The van der Waals surface area contributed by atoms with Crippen LogP contribution >= 0.6 is 0 Å². The highest BCUT2D eigenvalue weighted by Gasteiger charge is 2.13. The summed E-state index contributed by atoms with van der Waals surface area (Å²) in [5, 5.41) is 7.61. The average Bonchev–Trinajstić information content (AvgIpc) is 2.77. The average molecular weight is 416 g/mol. The third kappa shape index (κ3) is 5.11. The van der Waals surface area contributed by atoms with Gasteiger partial charge in [-0.3, -0.25) is 4.79 Å². The van der Waals surface area contributed by atoms with Crippen molar-refractivity contribution in [2.45, 2.75) is 13.5 Å². The van der Waals surface area contributed by atoms with Crippen molar-refractivity contribution < 1.29 is 9.53 Å². The molecule has 158 valence electrons. The summed E-state index contributed by atoms with van der Waals surface area (Å²) in [7, 11) is 3.43. The molecule has 0 unspecified atom stereocenters. The van der Waals surface area contributed by atoms with Crippen molar-refractivity contribution in [1.29, 1.82) is 0 Å². The maximum absolute atomic E-state index is 12.1. The second-order valence-corrected chi connectivity index (χ2v) is 7.01. The zero-order valence-electron chi connectivity index (χ0n) is 17.7. The van der Waals surface area contributed by atoms with Gasteiger partial charge in [-0.15, -0.1) is 5.10 Å². The zero-order valence-corrected chi connectivity index (χ0v) is 17.7. The number of benzene rings is 2. The predicted molar refractivity (Wildman–Crippen MR) is 122 cm³/mol. The van der Waals surface area contributed by atoms with Crippen LogP contribution in [0, 0.1) is 6.92 Å². The van der Waals surface area contributed by atoms with Crippen molar-refractivity contribution >= 4 is 24.3 Å². The van der Waals surface area contributed by atoms with E-state index in [1.54, 1.807) is 32.4 Å². The molecule has 0 spiro atoms. The molecule has 1 amide bonds. The number of anilines is 1. The molecule has 2 N–H and O–H groups in total. The SMILES string of the molecule is C=N/N=C(\OCc1nc(-c2ccc(C(=O)N(C)C)cc2)cnc1N)c1ccccc1C. The van der Waals surface area contributed by atoms with Gasteiger partial charge in [-0.25, -0.2) is 9.97 Å². The first-order chi connectivity index (χ1) is 14.9. The number of aromatic nitrogens is 2. The molecule has 1 heterocycles. The van der Waals surface area contributed by atoms with Gasteiger partial charge in [-0.2, -0.15) is 5.10 Å². The smallest absolute Gasteiger partial charge is 0.253 e. The third-order valence-electron chi connectivity index (χ3n) is 4.59. The Bertz CT molecular complexity index is 1120. The van der Waals surface area contributed by atoms with E-state index in [9.17, 15) is 4.79 Å². The molecule has 8 nitrogen and oxygen atoms in total. The number of ether oxygens (including phenoxy) is 1. The minimum Gasteiger partial charge on any atom is -0.470 e. The van der Waals surface area contributed by atoms with E-state index in [1.807, 2.05) is 43.3 Å². The Morgan fingerprint density at radius 2 is 1.87 bits per heavy atom. The Kier molecular flexibility index (Phi) is 6.71. The summed E-state index contributed by atoms with van der Waals surface area (Å²) in [6.45, 7) is 5.43. The molecular weight excluding hydrogens is 392 g/mol. The molecule has 1 aromatic heterocycles. The van der Waals surface area contributed by atoms with Crippen molar-refractivity contribution in [3.05, 3.63) is 77.1 Å². The highest BCUT2D eigenvalue weighted by molar-refractivity contribution is 5.95. The quantitative estimate of drug-likeness (QED) is 0.377. The van der Waals surface area contributed by atoms with E-state index in [-0.39, 0.29) is 18.3 Å². The number of carbonyl (C=O) groups excluding carboxylic acids is 1. The van der Waals surface area contributed by atoms with Crippen LogP contribution in [0.2, 0.25) is 0 Å². The number of rotatable bonds is 6. The molecule has 0 radical (unpaired) electrons. The molecule has 0 aliphatic rings. The molecule has 0 saturated heterocycles. The van der Waals surface area contributed by atoms with Crippen molar-refractivity contribution in [2.75, 3.05) is 19.8 Å². The van der Waals surface area contributed by atoms with E-state index in [2.05, 4.69) is 26.9 Å². The molecule has 0 aliphatic carbocycles. The standard InChI is InChI=1S/C23H24N6O2/c1-15-7-5-6-8-18(15)22(28-25-2)31-14-20-21(24)26-13-19(27-20)16-9-11-17(12-10-16)23(30)29(3)4/h5-13H,2,14H2,1,3-4H3,(H2,24,26)/b28-22-. The minimum absolute atomic E-state index is 0.0621. The Morgan fingerprint density at radius 3 is 2.52 bits per heavy atom. The maximum Gasteiger partial charge on any atom is 0.253 e. The van der Waals surface area contributed by atoms with Gasteiger partial charge >= 0.3 is 0 Å². The first-order valence-electron chi connectivity index (χ1n) is 9.56. The van der Waals surface area contributed by atoms with Crippen LogP contribution in [0.15, 0.2) is 64.9 Å². The molecule has 0 bridgehead atoms.